The number of carbonyl (C=O) groups excluding carboxylic acids is 1. The maximum absolute atomic E-state index is 13.2. The van der Waals surface area contributed by atoms with E-state index in [-0.39, 0.29) is 30.5 Å². The van der Waals surface area contributed by atoms with E-state index in [0.717, 1.165) is 12.1 Å². The Kier molecular flexibility index (Phi) is 5.03. The lowest BCUT2D eigenvalue weighted by atomic mass is 10.1. The quantitative estimate of drug-likeness (QED) is 0.825. The normalized spacial score (nSPS) is 12.2. The summed E-state index contributed by atoms with van der Waals surface area (Å²) in [5, 5.41) is 2.54. The number of benzene rings is 1. The molecule has 0 spiro atoms. The summed E-state index contributed by atoms with van der Waals surface area (Å²) in [5.74, 6) is -1.53. The Labute approximate surface area is 99.0 Å². The summed E-state index contributed by atoms with van der Waals surface area (Å²) in [6, 6.07) is 3.07. The molecule has 0 aliphatic carbocycles. The van der Waals surface area contributed by atoms with Crippen molar-refractivity contribution < 1.29 is 13.6 Å². The molecule has 1 unspecified atom stereocenters. The molecule has 5 heteroatoms. The lowest BCUT2D eigenvalue weighted by molar-refractivity contribution is -0.121. The molecule has 0 aliphatic heterocycles. The predicted molar refractivity (Wildman–Crippen MR) is 61.1 cm³/mol. The highest BCUT2D eigenvalue weighted by Gasteiger charge is 2.09. The summed E-state index contributed by atoms with van der Waals surface area (Å²) >= 11 is 0. The monoisotopic (exact) mass is 242 g/mol. The summed E-state index contributed by atoms with van der Waals surface area (Å²) < 4.78 is 25.8. The first kappa shape index (κ1) is 13.6. The number of carbonyl (C=O) groups is 1. The van der Waals surface area contributed by atoms with Crippen molar-refractivity contribution in [3.05, 3.63) is 35.4 Å². The van der Waals surface area contributed by atoms with Gasteiger partial charge in [0.25, 0.3) is 0 Å². The van der Waals surface area contributed by atoms with Gasteiger partial charge in [0, 0.05) is 30.6 Å². The van der Waals surface area contributed by atoms with Crippen LogP contribution in [0.3, 0.4) is 0 Å². The highest BCUT2D eigenvalue weighted by Crippen LogP contribution is 2.09. The number of hydrogen-bond acceptors (Lipinski definition) is 2. The zero-order chi connectivity index (χ0) is 12.8. The van der Waals surface area contributed by atoms with E-state index in [1.54, 1.807) is 0 Å². The second kappa shape index (κ2) is 6.30. The van der Waals surface area contributed by atoms with Gasteiger partial charge in [0.05, 0.1) is 0 Å². The topological polar surface area (TPSA) is 55.1 Å². The highest BCUT2D eigenvalue weighted by molar-refractivity contribution is 5.76. The Morgan fingerprint density at radius 3 is 2.76 bits per heavy atom. The fraction of sp³-hybridized carbons (Fsp3) is 0.417. The SMILES string of the molecule is CCC(N)CC(=O)NCc1ccc(F)cc1F. The third-order valence-electron chi connectivity index (χ3n) is 2.46. The fourth-order valence-electron chi connectivity index (χ4n) is 1.31. The molecule has 17 heavy (non-hydrogen) atoms. The van der Waals surface area contributed by atoms with Gasteiger partial charge in [0.1, 0.15) is 11.6 Å². The number of halogens is 2. The number of rotatable bonds is 5. The number of hydrogen-bond donors (Lipinski definition) is 2. The fourth-order valence-corrected chi connectivity index (χ4v) is 1.31. The van der Waals surface area contributed by atoms with Crippen LogP contribution < -0.4 is 11.1 Å². The van der Waals surface area contributed by atoms with E-state index in [1.807, 2.05) is 6.92 Å². The number of nitrogens with one attached hydrogen (secondary N) is 1. The number of amides is 1. The Morgan fingerprint density at radius 1 is 1.47 bits per heavy atom. The van der Waals surface area contributed by atoms with Gasteiger partial charge in [-0.2, -0.15) is 0 Å². The molecular formula is C12H16F2N2O. The molecule has 0 saturated heterocycles. The van der Waals surface area contributed by atoms with Crippen molar-refractivity contribution in [2.75, 3.05) is 0 Å². The van der Waals surface area contributed by atoms with Crippen LogP contribution in [0.4, 0.5) is 8.78 Å². The van der Waals surface area contributed by atoms with Crippen molar-refractivity contribution in [3.63, 3.8) is 0 Å². The van der Waals surface area contributed by atoms with Crippen LogP contribution in [0.25, 0.3) is 0 Å². The van der Waals surface area contributed by atoms with E-state index in [4.69, 9.17) is 5.73 Å². The van der Waals surface area contributed by atoms with Crippen LogP contribution in [0.1, 0.15) is 25.3 Å². The van der Waals surface area contributed by atoms with Crippen LogP contribution in [0, 0.1) is 11.6 Å². The van der Waals surface area contributed by atoms with Crippen molar-refractivity contribution in [2.45, 2.75) is 32.4 Å². The van der Waals surface area contributed by atoms with Crippen molar-refractivity contribution in [2.24, 2.45) is 5.73 Å². The van der Waals surface area contributed by atoms with Gasteiger partial charge in [-0.05, 0) is 12.5 Å². The largest absolute Gasteiger partial charge is 0.352 e. The molecule has 1 rings (SSSR count). The van der Waals surface area contributed by atoms with Crippen LogP contribution in [0.2, 0.25) is 0 Å². The summed E-state index contributed by atoms with van der Waals surface area (Å²) in [6.07, 6.45) is 0.914. The molecule has 0 radical (unpaired) electrons. The molecule has 0 saturated carbocycles. The van der Waals surface area contributed by atoms with Gasteiger partial charge >= 0.3 is 0 Å². The zero-order valence-corrected chi connectivity index (χ0v) is 9.67. The van der Waals surface area contributed by atoms with Gasteiger partial charge in [0.2, 0.25) is 5.91 Å². The van der Waals surface area contributed by atoms with Crippen LogP contribution in [-0.2, 0) is 11.3 Å². The molecule has 0 aliphatic rings. The van der Waals surface area contributed by atoms with Gasteiger partial charge in [-0.15, -0.1) is 0 Å². The third kappa shape index (κ3) is 4.48. The molecule has 0 fully saturated rings. The summed E-state index contributed by atoms with van der Waals surface area (Å²) in [5.41, 5.74) is 5.86. The molecule has 0 aromatic heterocycles. The maximum atomic E-state index is 13.2. The average Bonchev–Trinajstić information content (AvgIpc) is 2.27. The molecule has 94 valence electrons. The smallest absolute Gasteiger partial charge is 0.221 e. The van der Waals surface area contributed by atoms with Crippen LogP contribution in [0.5, 0.6) is 0 Å². The van der Waals surface area contributed by atoms with Crippen molar-refractivity contribution in [3.8, 4) is 0 Å². The minimum Gasteiger partial charge on any atom is -0.352 e. The molecular weight excluding hydrogens is 226 g/mol. The minimum atomic E-state index is -0.662. The van der Waals surface area contributed by atoms with Crippen LogP contribution in [-0.4, -0.2) is 11.9 Å². The van der Waals surface area contributed by atoms with E-state index in [0.29, 0.717) is 6.42 Å². The van der Waals surface area contributed by atoms with Gasteiger partial charge in [-0.25, -0.2) is 8.78 Å². The average molecular weight is 242 g/mol. The van der Waals surface area contributed by atoms with Crippen LogP contribution in [0.15, 0.2) is 18.2 Å². The van der Waals surface area contributed by atoms with Crippen molar-refractivity contribution in [1.82, 2.24) is 5.32 Å². The Bertz CT molecular complexity index is 396. The highest BCUT2D eigenvalue weighted by atomic mass is 19.1. The second-order valence-electron chi connectivity index (χ2n) is 3.88. The summed E-state index contributed by atoms with van der Waals surface area (Å²) in [4.78, 5) is 11.4. The molecule has 3 N–H and O–H groups in total. The molecule has 1 aromatic carbocycles. The first-order valence-electron chi connectivity index (χ1n) is 5.49. The van der Waals surface area contributed by atoms with Gasteiger partial charge < -0.3 is 11.1 Å². The van der Waals surface area contributed by atoms with Gasteiger partial charge in [-0.1, -0.05) is 13.0 Å². The molecule has 1 aromatic rings. The number of nitrogens with two attached hydrogens (primary N) is 1. The first-order chi connectivity index (χ1) is 8.02. The molecule has 0 bridgehead atoms. The summed E-state index contributed by atoms with van der Waals surface area (Å²) in [7, 11) is 0. The Morgan fingerprint density at radius 2 is 2.18 bits per heavy atom. The molecule has 3 nitrogen and oxygen atoms in total. The van der Waals surface area contributed by atoms with E-state index in [2.05, 4.69) is 5.32 Å². The van der Waals surface area contributed by atoms with Crippen LogP contribution >= 0.6 is 0 Å². The van der Waals surface area contributed by atoms with Crippen molar-refractivity contribution in [1.29, 1.82) is 0 Å². The molecule has 1 atom stereocenters. The third-order valence-corrected chi connectivity index (χ3v) is 2.46. The van der Waals surface area contributed by atoms with E-state index in [9.17, 15) is 13.6 Å². The lowest BCUT2D eigenvalue weighted by Crippen LogP contribution is -2.31. The lowest BCUT2D eigenvalue weighted by Gasteiger charge is -2.09. The van der Waals surface area contributed by atoms with Crippen molar-refractivity contribution >= 4 is 5.91 Å². The minimum absolute atomic E-state index is 0.0430. The molecule has 1 amide bonds. The molecule has 0 heterocycles. The Balaban J connectivity index is 2.47. The van der Waals surface area contributed by atoms with E-state index >= 15 is 0 Å². The first-order valence-corrected chi connectivity index (χ1v) is 5.49. The van der Waals surface area contributed by atoms with E-state index in [1.165, 1.54) is 6.07 Å². The predicted octanol–water partition coefficient (Wildman–Crippen LogP) is 1.71. The van der Waals surface area contributed by atoms with Gasteiger partial charge in [0.15, 0.2) is 0 Å². The standard InChI is InChI=1S/C12H16F2N2O/c1-2-10(15)6-12(17)16-7-8-3-4-9(13)5-11(8)14/h3-5,10H,2,6-7,15H2,1H3,(H,16,17). The maximum Gasteiger partial charge on any atom is 0.221 e. The van der Waals surface area contributed by atoms with E-state index < -0.39 is 11.6 Å². The Hall–Kier alpha value is -1.49. The summed E-state index contributed by atoms with van der Waals surface area (Å²) in [6.45, 7) is 1.93. The zero-order valence-electron chi connectivity index (χ0n) is 9.67. The van der Waals surface area contributed by atoms with Gasteiger partial charge in [-0.3, -0.25) is 4.79 Å². The second-order valence-corrected chi connectivity index (χ2v) is 3.88.